The molecule has 2 heteroatoms. The molecule has 3 aromatic carbocycles. The quantitative estimate of drug-likeness (QED) is 0.454. The maximum absolute atomic E-state index is 2.84. The van der Waals surface area contributed by atoms with Gasteiger partial charge >= 0.3 is 0 Å². The van der Waals surface area contributed by atoms with Crippen molar-refractivity contribution < 1.29 is 0 Å². The molecule has 0 nitrogen and oxygen atoms in total. The fraction of sp³-hybridized carbons (Fsp3) is 0.222. The summed E-state index contributed by atoms with van der Waals surface area (Å²) in [5, 5.41) is 5.52. The summed E-state index contributed by atoms with van der Waals surface area (Å²) >= 11 is 0. The lowest BCUT2D eigenvalue weighted by molar-refractivity contribution is 1.15. The molecule has 0 heterocycles. The summed E-state index contributed by atoms with van der Waals surface area (Å²) in [6.07, 6.45) is 3.12. The van der Waals surface area contributed by atoms with Gasteiger partial charge in [-0.2, -0.15) is 0 Å². The monoisotopic (exact) mass is 298 g/mol. The van der Waals surface area contributed by atoms with Gasteiger partial charge in [-0.1, -0.05) is 49.4 Å². The van der Waals surface area contributed by atoms with Crippen molar-refractivity contribution in [1.29, 1.82) is 0 Å². The van der Waals surface area contributed by atoms with Crippen molar-refractivity contribution >= 4 is 40.0 Å². The van der Waals surface area contributed by atoms with Crippen molar-refractivity contribution in [3.8, 4) is 0 Å². The zero-order valence-corrected chi connectivity index (χ0v) is 14.1. The first kappa shape index (κ1) is 14.0. The SMILES string of the molecule is CCc1cc(CP)cc2c1ccc1cc(CP)ccc12. The van der Waals surface area contributed by atoms with Crippen LogP contribution >= 0.6 is 18.5 Å². The van der Waals surface area contributed by atoms with Gasteiger partial charge < -0.3 is 0 Å². The Morgan fingerprint density at radius 1 is 0.750 bits per heavy atom. The molecule has 0 fully saturated rings. The molecule has 0 amide bonds. The van der Waals surface area contributed by atoms with Gasteiger partial charge in [0.1, 0.15) is 0 Å². The Labute approximate surface area is 125 Å². The third-order valence-corrected chi connectivity index (χ3v) is 4.96. The van der Waals surface area contributed by atoms with E-state index >= 15 is 0 Å². The normalized spacial score (nSPS) is 11.3. The van der Waals surface area contributed by atoms with Gasteiger partial charge in [-0.25, -0.2) is 0 Å². The summed E-state index contributed by atoms with van der Waals surface area (Å²) in [6, 6.07) is 16.1. The molecule has 0 saturated carbocycles. The maximum atomic E-state index is 2.84. The molecule has 0 aliphatic heterocycles. The third kappa shape index (κ3) is 2.37. The van der Waals surface area contributed by atoms with Crippen LogP contribution in [-0.4, -0.2) is 0 Å². The van der Waals surface area contributed by atoms with Crippen molar-refractivity contribution in [2.75, 3.05) is 0 Å². The Hall–Kier alpha value is -0.960. The van der Waals surface area contributed by atoms with Crippen LogP contribution in [0.25, 0.3) is 21.5 Å². The number of hydrogen-bond donors (Lipinski definition) is 0. The number of fused-ring (bicyclic) bond motifs is 3. The molecule has 102 valence electrons. The van der Waals surface area contributed by atoms with Gasteiger partial charge in [0.2, 0.25) is 0 Å². The molecule has 0 bridgehead atoms. The second-order valence-corrected chi connectivity index (χ2v) is 6.05. The largest absolute Gasteiger partial charge is 0.133 e. The summed E-state index contributed by atoms with van der Waals surface area (Å²) in [5.41, 5.74) is 4.23. The second kappa shape index (κ2) is 5.80. The summed E-state index contributed by atoms with van der Waals surface area (Å²) < 4.78 is 0. The Kier molecular flexibility index (Phi) is 4.06. The smallest absolute Gasteiger partial charge is 0.00998 e. The van der Waals surface area contributed by atoms with E-state index in [0.717, 1.165) is 18.7 Å². The second-order valence-electron chi connectivity index (χ2n) is 5.23. The molecule has 0 radical (unpaired) electrons. The van der Waals surface area contributed by atoms with Crippen LogP contribution in [0.2, 0.25) is 0 Å². The summed E-state index contributed by atoms with van der Waals surface area (Å²) in [4.78, 5) is 0. The first-order chi connectivity index (χ1) is 9.76. The van der Waals surface area contributed by atoms with Gasteiger partial charge in [0.05, 0.1) is 0 Å². The molecule has 2 atom stereocenters. The highest BCUT2D eigenvalue weighted by molar-refractivity contribution is 7.15. The van der Waals surface area contributed by atoms with Crippen molar-refractivity contribution in [2.24, 2.45) is 0 Å². The van der Waals surface area contributed by atoms with Gasteiger partial charge in [-0.3, -0.25) is 0 Å². The molecule has 0 aliphatic rings. The van der Waals surface area contributed by atoms with Crippen LogP contribution in [0.3, 0.4) is 0 Å². The predicted molar refractivity (Wildman–Crippen MR) is 97.7 cm³/mol. The first-order valence-corrected chi connectivity index (χ1v) is 8.77. The van der Waals surface area contributed by atoms with E-state index in [1.807, 2.05) is 0 Å². The molecule has 0 aromatic heterocycles. The van der Waals surface area contributed by atoms with Crippen molar-refractivity contribution in [3.63, 3.8) is 0 Å². The minimum Gasteiger partial charge on any atom is -0.133 e. The Morgan fingerprint density at radius 2 is 1.50 bits per heavy atom. The van der Waals surface area contributed by atoms with Gasteiger partial charge in [0, 0.05) is 0 Å². The Bertz CT molecular complexity index is 775. The van der Waals surface area contributed by atoms with Gasteiger partial charge in [0.15, 0.2) is 0 Å². The van der Waals surface area contributed by atoms with Crippen LogP contribution in [0, 0.1) is 0 Å². The molecular formula is C18H20P2. The topological polar surface area (TPSA) is 0 Å². The Balaban J connectivity index is 2.40. The highest BCUT2D eigenvalue weighted by Gasteiger charge is 2.06. The molecule has 3 aromatic rings. The van der Waals surface area contributed by atoms with Crippen molar-refractivity contribution in [2.45, 2.75) is 25.7 Å². The van der Waals surface area contributed by atoms with E-state index in [9.17, 15) is 0 Å². The fourth-order valence-electron chi connectivity index (χ4n) is 2.90. The lowest BCUT2D eigenvalue weighted by atomic mass is 9.94. The van der Waals surface area contributed by atoms with Crippen LogP contribution < -0.4 is 0 Å². The maximum Gasteiger partial charge on any atom is -0.00998 e. The zero-order chi connectivity index (χ0) is 14.1. The van der Waals surface area contributed by atoms with Crippen molar-refractivity contribution in [1.82, 2.24) is 0 Å². The van der Waals surface area contributed by atoms with Crippen LogP contribution in [0.4, 0.5) is 0 Å². The minimum atomic E-state index is 1.01. The average Bonchev–Trinajstić information content (AvgIpc) is 2.52. The number of benzene rings is 3. The minimum absolute atomic E-state index is 1.01. The van der Waals surface area contributed by atoms with Gasteiger partial charge in [-0.05, 0) is 57.0 Å². The average molecular weight is 298 g/mol. The summed E-state index contributed by atoms with van der Waals surface area (Å²) in [5.74, 6) is 0. The number of rotatable bonds is 3. The van der Waals surface area contributed by atoms with Crippen LogP contribution in [0.15, 0.2) is 42.5 Å². The Morgan fingerprint density at radius 3 is 2.20 bits per heavy atom. The molecule has 20 heavy (non-hydrogen) atoms. The number of hydrogen-bond acceptors (Lipinski definition) is 0. The van der Waals surface area contributed by atoms with E-state index in [1.54, 1.807) is 0 Å². The zero-order valence-electron chi connectivity index (χ0n) is 11.8. The van der Waals surface area contributed by atoms with Crippen LogP contribution in [-0.2, 0) is 18.7 Å². The highest BCUT2D eigenvalue weighted by atomic mass is 31.0. The fourth-order valence-corrected chi connectivity index (χ4v) is 3.39. The van der Waals surface area contributed by atoms with E-state index in [2.05, 4.69) is 67.9 Å². The van der Waals surface area contributed by atoms with E-state index in [4.69, 9.17) is 0 Å². The number of aryl methyl sites for hydroxylation is 1. The van der Waals surface area contributed by atoms with E-state index in [1.165, 1.54) is 38.2 Å². The lowest BCUT2D eigenvalue weighted by Gasteiger charge is -2.11. The molecule has 0 spiro atoms. The summed E-state index contributed by atoms with van der Waals surface area (Å²) in [7, 11) is 5.64. The molecule has 3 rings (SSSR count). The lowest BCUT2D eigenvalue weighted by Crippen LogP contribution is -1.89. The van der Waals surface area contributed by atoms with Gasteiger partial charge in [0.25, 0.3) is 0 Å². The highest BCUT2D eigenvalue weighted by Crippen LogP contribution is 2.31. The predicted octanol–water partition coefficient (Wildman–Crippen LogP) is 5.31. The van der Waals surface area contributed by atoms with Crippen LogP contribution in [0.1, 0.15) is 23.6 Å². The molecule has 0 saturated heterocycles. The molecule has 2 unspecified atom stereocenters. The molecular weight excluding hydrogens is 278 g/mol. The standard InChI is InChI=1S/C18H20P2/c1-2-14-8-13(11-20)9-18-16(14)6-4-15-7-12(10-19)3-5-17(15)18/h3-9H,2,10-11,19-20H2,1H3. The molecule has 0 N–H and O–H groups in total. The van der Waals surface area contributed by atoms with Crippen LogP contribution in [0.5, 0.6) is 0 Å². The van der Waals surface area contributed by atoms with E-state index in [0.29, 0.717) is 0 Å². The van der Waals surface area contributed by atoms with E-state index in [-0.39, 0.29) is 0 Å². The third-order valence-electron chi connectivity index (χ3n) is 4.01. The van der Waals surface area contributed by atoms with Gasteiger partial charge in [-0.15, -0.1) is 18.5 Å². The molecule has 0 aliphatic carbocycles. The summed E-state index contributed by atoms with van der Waals surface area (Å²) in [6.45, 7) is 2.24. The first-order valence-electron chi connectivity index (χ1n) is 7.14. The van der Waals surface area contributed by atoms with E-state index < -0.39 is 0 Å². The van der Waals surface area contributed by atoms with Crippen molar-refractivity contribution in [3.05, 3.63) is 59.2 Å².